The van der Waals surface area contributed by atoms with E-state index in [0.29, 0.717) is 6.54 Å². The van der Waals surface area contributed by atoms with E-state index in [4.69, 9.17) is 15.2 Å². The van der Waals surface area contributed by atoms with Crippen molar-refractivity contribution >= 4 is 6.09 Å². The number of carbonyl (C=O) groups is 1. The summed E-state index contributed by atoms with van der Waals surface area (Å²) in [5, 5.41) is 0. The number of ether oxygens (including phenoxy) is 2. The van der Waals surface area contributed by atoms with Gasteiger partial charge < -0.3 is 20.1 Å². The number of methoxy groups -OCH3 is 1. The largest absolute Gasteiger partial charge is 0.496 e. The summed E-state index contributed by atoms with van der Waals surface area (Å²) in [7, 11) is 1.60. The highest BCUT2D eigenvalue weighted by molar-refractivity contribution is 5.67. The first-order chi connectivity index (χ1) is 9.20. The SMILES string of the molecule is COc1ccccc1COC(=O)N1CCCC(N)C1. The number of rotatable bonds is 3. The van der Waals surface area contributed by atoms with Crippen LogP contribution in [0.1, 0.15) is 18.4 Å². The average molecular weight is 264 g/mol. The molecule has 1 aliphatic heterocycles. The predicted octanol–water partition coefficient (Wildman–Crippen LogP) is 1.75. The number of hydrogen-bond acceptors (Lipinski definition) is 4. The Kier molecular flexibility index (Phi) is 4.63. The van der Waals surface area contributed by atoms with Gasteiger partial charge in [0.05, 0.1) is 7.11 Å². The van der Waals surface area contributed by atoms with Gasteiger partial charge in [0.15, 0.2) is 0 Å². The van der Waals surface area contributed by atoms with Gasteiger partial charge in [0.2, 0.25) is 0 Å². The van der Waals surface area contributed by atoms with Crippen molar-refractivity contribution in [2.24, 2.45) is 5.73 Å². The van der Waals surface area contributed by atoms with Crippen molar-refractivity contribution in [3.05, 3.63) is 29.8 Å². The number of benzene rings is 1. The van der Waals surface area contributed by atoms with E-state index >= 15 is 0 Å². The zero-order valence-corrected chi connectivity index (χ0v) is 11.2. The van der Waals surface area contributed by atoms with Gasteiger partial charge in [-0.05, 0) is 18.9 Å². The summed E-state index contributed by atoms with van der Waals surface area (Å²) in [5.74, 6) is 0.727. The van der Waals surface area contributed by atoms with Gasteiger partial charge in [0, 0.05) is 24.7 Å². The van der Waals surface area contributed by atoms with Crippen molar-refractivity contribution in [1.82, 2.24) is 4.90 Å². The zero-order valence-electron chi connectivity index (χ0n) is 11.2. The van der Waals surface area contributed by atoms with E-state index in [-0.39, 0.29) is 18.7 Å². The topological polar surface area (TPSA) is 64.8 Å². The molecule has 19 heavy (non-hydrogen) atoms. The van der Waals surface area contributed by atoms with E-state index < -0.39 is 0 Å². The van der Waals surface area contributed by atoms with Crippen LogP contribution in [0, 0.1) is 0 Å². The molecule has 0 bridgehead atoms. The van der Waals surface area contributed by atoms with Crippen LogP contribution in [0.4, 0.5) is 4.79 Å². The predicted molar refractivity (Wildman–Crippen MR) is 72.0 cm³/mol. The lowest BCUT2D eigenvalue weighted by molar-refractivity contribution is 0.0856. The van der Waals surface area contributed by atoms with Gasteiger partial charge in [0.1, 0.15) is 12.4 Å². The van der Waals surface area contributed by atoms with Crippen LogP contribution in [0.2, 0.25) is 0 Å². The van der Waals surface area contributed by atoms with E-state index in [9.17, 15) is 4.79 Å². The minimum Gasteiger partial charge on any atom is -0.496 e. The fraction of sp³-hybridized carbons (Fsp3) is 0.500. The van der Waals surface area contributed by atoms with Crippen molar-refractivity contribution in [2.45, 2.75) is 25.5 Å². The highest BCUT2D eigenvalue weighted by atomic mass is 16.6. The van der Waals surface area contributed by atoms with Gasteiger partial charge in [-0.3, -0.25) is 0 Å². The molecule has 0 saturated carbocycles. The van der Waals surface area contributed by atoms with E-state index in [1.54, 1.807) is 12.0 Å². The smallest absolute Gasteiger partial charge is 0.410 e. The van der Waals surface area contributed by atoms with Gasteiger partial charge in [0.25, 0.3) is 0 Å². The molecule has 0 aromatic heterocycles. The first-order valence-corrected chi connectivity index (χ1v) is 6.50. The fourth-order valence-electron chi connectivity index (χ4n) is 2.23. The van der Waals surface area contributed by atoms with Crippen LogP contribution < -0.4 is 10.5 Å². The lowest BCUT2D eigenvalue weighted by Gasteiger charge is -2.29. The summed E-state index contributed by atoms with van der Waals surface area (Å²) >= 11 is 0. The molecular formula is C14H20N2O3. The van der Waals surface area contributed by atoms with Gasteiger partial charge in [-0.1, -0.05) is 18.2 Å². The van der Waals surface area contributed by atoms with Crippen LogP contribution in [0.25, 0.3) is 0 Å². The lowest BCUT2D eigenvalue weighted by atomic mass is 10.1. The first kappa shape index (κ1) is 13.7. The molecule has 1 aromatic carbocycles. The molecule has 104 valence electrons. The Hall–Kier alpha value is -1.75. The van der Waals surface area contributed by atoms with Crippen molar-refractivity contribution in [3.63, 3.8) is 0 Å². The fourth-order valence-corrected chi connectivity index (χ4v) is 2.23. The average Bonchev–Trinajstić information content (AvgIpc) is 2.45. The maximum atomic E-state index is 11.9. The maximum Gasteiger partial charge on any atom is 0.410 e. The number of carbonyl (C=O) groups excluding carboxylic acids is 1. The Morgan fingerprint density at radius 1 is 1.47 bits per heavy atom. The third kappa shape index (κ3) is 3.61. The van der Waals surface area contributed by atoms with Crippen LogP contribution in [0.5, 0.6) is 5.75 Å². The zero-order chi connectivity index (χ0) is 13.7. The second kappa shape index (κ2) is 6.43. The van der Waals surface area contributed by atoms with Crippen LogP contribution in [0.3, 0.4) is 0 Å². The van der Waals surface area contributed by atoms with Crippen LogP contribution in [0.15, 0.2) is 24.3 Å². The highest BCUT2D eigenvalue weighted by Gasteiger charge is 2.22. The summed E-state index contributed by atoms with van der Waals surface area (Å²) in [5.41, 5.74) is 6.71. The Bertz CT molecular complexity index is 436. The van der Waals surface area contributed by atoms with Gasteiger partial charge in [-0.25, -0.2) is 4.79 Å². The molecule has 0 radical (unpaired) electrons. The third-order valence-electron chi connectivity index (χ3n) is 3.26. The Balaban J connectivity index is 1.89. The molecule has 1 saturated heterocycles. The lowest BCUT2D eigenvalue weighted by Crippen LogP contribution is -2.45. The van der Waals surface area contributed by atoms with Crippen molar-refractivity contribution in [1.29, 1.82) is 0 Å². The molecule has 1 atom stereocenters. The second-order valence-electron chi connectivity index (χ2n) is 4.71. The van der Waals surface area contributed by atoms with Crippen LogP contribution >= 0.6 is 0 Å². The van der Waals surface area contributed by atoms with Crippen molar-refractivity contribution in [3.8, 4) is 5.75 Å². The van der Waals surface area contributed by atoms with Crippen molar-refractivity contribution < 1.29 is 14.3 Å². The number of para-hydroxylation sites is 1. The molecule has 1 heterocycles. The first-order valence-electron chi connectivity index (χ1n) is 6.50. The third-order valence-corrected chi connectivity index (χ3v) is 3.26. The van der Waals surface area contributed by atoms with Crippen molar-refractivity contribution in [2.75, 3.05) is 20.2 Å². The molecule has 1 unspecified atom stereocenters. The maximum absolute atomic E-state index is 11.9. The summed E-state index contributed by atoms with van der Waals surface area (Å²) < 4.78 is 10.5. The van der Waals surface area contributed by atoms with Crippen LogP contribution in [-0.4, -0.2) is 37.2 Å². The molecule has 5 heteroatoms. The standard InChI is InChI=1S/C14H20N2O3/c1-18-13-7-3-2-5-11(13)10-19-14(17)16-8-4-6-12(15)9-16/h2-3,5,7,12H,4,6,8-10,15H2,1H3. The number of hydrogen-bond donors (Lipinski definition) is 1. The number of piperidine rings is 1. The normalized spacial score (nSPS) is 19.1. The van der Waals surface area contributed by atoms with E-state index in [1.165, 1.54) is 0 Å². The van der Waals surface area contributed by atoms with Gasteiger partial charge in [-0.2, -0.15) is 0 Å². The number of nitrogens with two attached hydrogens (primary N) is 1. The second-order valence-corrected chi connectivity index (χ2v) is 4.71. The summed E-state index contributed by atoms with van der Waals surface area (Å²) in [6.45, 7) is 1.51. The van der Waals surface area contributed by atoms with Gasteiger partial charge in [-0.15, -0.1) is 0 Å². The molecule has 1 aromatic rings. The molecule has 2 rings (SSSR count). The van der Waals surface area contributed by atoms with Crippen LogP contribution in [-0.2, 0) is 11.3 Å². The van der Waals surface area contributed by atoms with Gasteiger partial charge >= 0.3 is 6.09 Å². The molecular weight excluding hydrogens is 244 g/mol. The molecule has 5 nitrogen and oxygen atoms in total. The van der Waals surface area contributed by atoms with E-state index in [2.05, 4.69) is 0 Å². The molecule has 1 amide bonds. The minimum absolute atomic E-state index is 0.0626. The number of amides is 1. The monoisotopic (exact) mass is 264 g/mol. The Labute approximate surface area is 113 Å². The molecule has 1 fully saturated rings. The van der Waals surface area contributed by atoms with E-state index in [1.807, 2.05) is 24.3 Å². The number of nitrogens with zero attached hydrogens (tertiary/aromatic N) is 1. The summed E-state index contributed by atoms with van der Waals surface area (Å²) in [4.78, 5) is 13.6. The number of likely N-dealkylation sites (tertiary alicyclic amines) is 1. The highest BCUT2D eigenvalue weighted by Crippen LogP contribution is 2.19. The molecule has 2 N–H and O–H groups in total. The minimum atomic E-state index is -0.305. The molecule has 1 aliphatic rings. The molecule has 0 spiro atoms. The summed E-state index contributed by atoms with van der Waals surface area (Å²) in [6, 6.07) is 7.57. The Morgan fingerprint density at radius 2 is 2.26 bits per heavy atom. The quantitative estimate of drug-likeness (QED) is 0.903. The molecule has 0 aliphatic carbocycles. The van der Waals surface area contributed by atoms with E-state index in [0.717, 1.165) is 30.7 Å². The summed E-state index contributed by atoms with van der Waals surface area (Å²) in [6.07, 6.45) is 1.60. The Morgan fingerprint density at radius 3 is 3.00 bits per heavy atom.